The van der Waals surface area contributed by atoms with Gasteiger partial charge in [-0.05, 0) is 62.1 Å². The molecule has 1 saturated carbocycles. The molecule has 4 fully saturated rings. The Labute approximate surface area is 309 Å². The number of terminal acetylenes is 1. The van der Waals surface area contributed by atoms with Gasteiger partial charge in [0.2, 0.25) is 5.88 Å². The van der Waals surface area contributed by atoms with E-state index in [4.69, 9.17) is 20.9 Å². The number of piperidine rings is 1. The van der Waals surface area contributed by atoms with Gasteiger partial charge in [0, 0.05) is 55.6 Å². The number of nitrogens with zero attached hydrogens (tertiary/aromatic N) is 6. The quantitative estimate of drug-likeness (QED) is 0.155. The van der Waals surface area contributed by atoms with Gasteiger partial charge in [0.15, 0.2) is 5.82 Å². The van der Waals surface area contributed by atoms with E-state index in [2.05, 4.69) is 26.1 Å². The first-order chi connectivity index (χ1) is 26.1. The number of piperazine rings is 1. The predicted molar refractivity (Wildman–Crippen MR) is 194 cm³/mol. The Morgan fingerprint density at radius 2 is 1.81 bits per heavy atom. The Kier molecular flexibility index (Phi) is 9.49. The highest BCUT2D eigenvalue weighted by Crippen LogP contribution is 2.48. The Hall–Kier alpha value is -5.10. The Bertz CT molecular complexity index is 2140. The zero-order chi connectivity index (χ0) is 37.7. The SMILES string of the molecule is C#Cc1c(F)ccc2cc(O)cc(-c3nc(OC)c4c(N5CC6CCC(C5)N6C(=O)NCCF)nc(OCC5(CN6CCC(F)CC6)CC5)nc4c3F)c12. The maximum atomic E-state index is 17.2. The van der Waals surface area contributed by atoms with Gasteiger partial charge in [-0.2, -0.15) is 9.97 Å². The number of phenols is 1. The predicted octanol–water partition coefficient (Wildman–Crippen LogP) is 5.74. The molecule has 2 aromatic heterocycles. The van der Waals surface area contributed by atoms with Gasteiger partial charge in [-0.1, -0.05) is 12.0 Å². The van der Waals surface area contributed by atoms with Crippen molar-refractivity contribution in [3.63, 3.8) is 0 Å². The van der Waals surface area contributed by atoms with Crippen LogP contribution >= 0.6 is 0 Å². The first kappa shape index (κ1) is 35.9. The lowest BCUT2D eigenvalue weighted by molar-refractivity contribution is 0.107. The molecule has 4 aromatic rings. The normalized spacial score (nSPS) is 21.0. The lowest BCUT2D eigenvalue weighted by Gasteiger charge is -2.41. The smallest absolute Gasteiger partial charge is 0.319 e. The van der Waals surface area contributed by atoms with Crippen molar-refractivity contribution in [2.75, 3.05) is 64.6 Å². The van der Waals surface area contributed by atoms with Crippen molar-refractivity contribution < 1.29 is 36.9 Å². The summed E-state index contributed by atoms with van der Waals surface area (Å²) in [6.45, 7) is 2.28. The maximum Gasteiger partial charge on any atom is 0.319 e. The second-order valence-corrected chi connectivity index (χ2v) is 14.9. The molecule has 2 amide bonds. The van der Waals surface area contributed by atoms with E-state index in [-0.39, 0.29) is 87.4 Å². The lowest BCUT2D eigenvalue weighted by Crippen LogP contribution is -2.58. The van der Waals surface area contributed by atoms with Crippen molar-refractivity contribution in [1.29, 1.82) is 0 Å². The van der Waals surface area contributed by atoms with E-state index in [0.717, 1.165) is 19.4 Å². The van der Waals surface area contributed by atoms with E-state index in [9.17, 15) is 18.7 Å². The average molecular weight is 748 g/mol. The van der Waals surface area contributed by atoms with Crippen LogP contribution in [0.1, 0.15) is 44.1 Å². The lowest BCUT2D eigenvalue weighted by atomic mass is 9.95. The number of halogens is 4. The summed E-state index contributed by atoms with van der Waals surface area (Å²) in [5.74, 6) is 0.838. The van der Waals surface area contributed by atoms with Crippen LogP contribution in [0, 0.1) is 29.4 Å². The first-order valence-corrected chi connectivity index (χ1v) is 18.4. The standard InChI is InChI=1S/C39H41F4N7O4/c1-3-27-29(42)7-4-22-16-26(51)17-28(30(22)27)33-32(43)34-31(36(45-33)53-2)35(49-18-24-5-6-25(19-49)50(24)38(52)44-13-12-40)47-37(46-34)54-21-39(10-11-39)20-48-14-8-23(41)9-15-48/h1,4,7,16-17,23-25,51H,5-6,8-15,18-21H2,2H3,(H,44,52). The van der Waals surface area contributed by atoms with Crippen LogP contribution in [-0.2, 0) is 0 Å². The number of likely N-dealkylation sites (tertiary alicyclic amines) is 1. The number of hydrogen-bond acceptors (Lipinski definition) is 9. The summed E-state index contributed by atoms with van der Waals surface area (Å²) in [6.07, 6.45) is 9.20. The summed E-state index contributed by atoms with van der Waals surface area (Å²) in [4.78, 5) is 33.0. The summed E-state index contributed by atoms with van der Waals surface area (Å²) in [6, 6.07) is 4.44. The summed E-state index contributed by atoms with van der Waals surface area (Å²) in [7, 11) is 1.38. The van der Waals surface area contributed by atoms with Crippen LogP contribution in [0.3, 0.4) is 0 Å². The molecule has 2 bridgehead atoms. The van der Waals surface area contributed by atoms with Crippen LogP contribution in [-0.4, -0.2) is 114 Å². The van der Waals surface area contributed by atoms with Crippen molar-refractivity contribution in [2.45, 2.75) is 56.8 Å². The van der Waals surface area contributed by atoms with E-state index >= 15 is 8.78 Å². The number of urea groups is 1. The number of hydrogen-bond donors (Lipinski definition) is 2. The number of pyridine rings is 1. The highest BCUT2D eigenvalue weighted by atomic mass is 19.1. The van der Waals surface area contributed by atoms with Gasteiger partial charge >= 0.3 is 12.0 Å². The minimum atomic E-state index is -0.888. The fraction of sp³-hybridized carbons (Fsp3) is 0.487. The number of phenolic OH excluding ortho intramolecular Hbond substituents is 1. The number of aromatic nitrogens is 3. The van der Waals surface area contributed by atoms with Crippen molar-refractivity contribution in [1.82, 2.24) is 30.1 Å². The number of carbonyl (C=O) groups is 1. The van der Waals surface area contributed by atoms with Gasteiger partial charge in [0.05, 0.1) is 31.4 Å². The van der Waals surface area contributed by atoms with Crippen LogP contribution in [0.4, 0.5) is 28.2 Å². The molecule has 2 aromatic carbocycles. The molecule has 54 heavy (non-hydrogen) atoms. The van der Waals surface area contributed by atoms with Crippen molar-refractivity contribution in [2.24, 2.45) is 5.41 Å². The molecule has 3 saturated heterocycles. The molecule has 0 radical (unpaired) electrons. The maximum absolute atomic E-state index is 17.2. The Balaban J connectivity index is 1.23. The third-order valence-electron chi connectivity index (χ3n) is 11.3. The highest BCUT2D eigenvalue weighted by Gasteiger charge is 2.46. The van der Waals surface area contributed by atoms with Gasteiger partial charge in [-0.15, -0.1) is 6.42 Å². The van der Waals surface area contributed by atoms with Gasteiger partial charge in [-0.3, -0.25) is 0 Å². The van der Waals surface area contributed by atoms with E-state index < -0.39 is 24.5 Å². The van der Waals surface area contributed by atoms with E-state index in [0.29, 0.717) is 63.1 Å². The zero-order valence-electron chi connectivity index (χ0n) is 29.9. The number of carbonyl (C=O) groups excluding carboxylic acids is 1. The number of benzene rings is 2. The number of rotatable bonds is 10. The van der Waals surface area contributed by atoms with Crippen molar-refractivity contribution >= 4 is 33.5 Å². The molecule has 3 aliphatic heterocycles. The minimum Gasteiger partial charge on any atom is -0.508 e. The number of aromatic hydroxyl groups is 1. The molecule has 0 spiro atoms. The molecule has 11 nitrogen and oxygen atoms in total. The molecular weight excluding hydrogens is 706 g/mol. The van der Waals surface area contributed by atoms with E-state index in [1.165, 1.54) is 31.4 Å². The van der Waals surface area contributed by atoms with Crippen LogP contribution in [0.5, 0.6) is 17.6 Å². The molecule has 2 unspecified atom stereocenters. The number of amides is 2. The largest absolute Gasteiger partial charge is 0.508 e. The molecule has 4 aliphatic rings. The topological polar surface area (TPSA) is 116 Å². The summed E-state index contributed by atoms with van der Waals surface area (Å²) >= 11 is 0. The molecule has 1 aliphatic carbocycles. The molecule has 2 N–H and O–H groups in total. The molecule has 284 valence electrons. The number of nitrogens with one attached hydrogen (secondary N) is 1. The number of alkyl halides is 2. The molecule has 8 rings (SSSR count). The van der Waals surface area contributed by atoms with Crippen LogP contribution < -0.4 is 19.7 Å². The molecule has 2 atom stereocenters. The second-order valence-electron chi connectivity index (χ2n) is 14.9. The van der Waals surface area contributed by atoms with Crippen molar-refractivity contribution in [3.05, 3.63) is 41.5 Å². The first-order valence-electron chi connectivity index (χ1n) is 18.4. The van der Waals surface area contributed by atoms with Crippen LogP contribution in [0.15, 0.2) is 24.3 Å². The van der Waals surface area contributed by atoms with E-state index in [1.54, 1.807) is 4.90 Å². The third-order valence-corrected chi connectivity index (χ3v) is 11.3. The molecule has 5 heterocycles. The van der Waals surface area contributed by atoms with Gasteiger partial charge in [0.1, 0.15) is 46.8 Å². The van der Waals surface area contributed by atoms with Crippen LogP contribution in [0.25, 0.3) is 32.9 Å². The fourth-order valence-corrected chi connectivity index (χ4v) is 8.41. The number of fused-ring (bicyclic) bond motifs is 4. The highest BCUT2D eigenvalue weighted by molar-refractivity contribution is 6.04. The summed E-state index contributed by atoms with van der Waals surface area (Å²) in [5, 5.41) is 14.0. The second kappa shape index (κ2) is 14.3. The number of methoxy groups -OCH3 is 1. The van der Waals surface area contributed by atoms with Gasteiger partial charge in [0.25, 0.3) is 0 Å². The molecule has 15 heteroatoms. The summed E-state index contributed by atoms with van der Waals surface area (Å²) < 4.78 is 71.1. The number of anilines is 1. The Morgan fingerprint density at radius 1 is 1.07 bits per heavy atom. The molecular formula is C39H41F4N7O4. The number of ether oxygens (including phenoxy) is 2. The van der Waals surface area contributed by atoms with E-state index in [1.807, 2.05) is 4.90 Å². The van der Waals surface area contributed by atoms with Gasteiger partial charge in [-0.25, -0.2) is 27.3 Å². The average Bonchev–Trinajstić information content (AvgIpc) is 3.89. The fourth-order valence-electron chi connectivity index (χ4n) is 8.41. The third kappa shape index (κ3) is 6.54. The summed E-state index contributed by atoms with van der Waals surface area (Å²) in [5.41, 5.74) is -0.698. The Morgan fingerprint density at radius 3 is 2.48 bits per heavy atom. The van der Waals surface area contributed by atoms with Crippen molar-refractivity contribution in [3.8, 4) is 41.2 Å². The van der Waals surface area contributed by atoms with Crippen LogP contribution in [0.2, 0.25) is 0 Å². The minimum absolute atomic E-state index is 0.0245. The van der Waals surface area contributed by atoms with Gasteiger partial charge < -0.3 is 34.6 Å². The monoisotopic (exact) mass is 747 g/mol. The zero-order valence-corrected chi connectivity index (χ0v) is 29.9.